The molecular formula is C40H71NO4. The van der Waals surface area contributed by atoms with Crippen LogP contribution in [-0.2, 0) is 4.79 Å². The van der Waals surface area contributed by atoms with E-state index >= 15 is 0 Å². The fourth-order valence-corrected chi connectivity index (χ4v) is 5.12. The van der Waals surface area contributed by atoms with Crippen LogP contribution in [-0.4, -0.2) is 46.1 Å². The van der Waals surface area contributed by atoms with E-state index in [1.165, 1.54) is 89.9 Å². The summed E-state index contributed by atoms with van der Waals surface area (Å²) in [5.41, 5.74) is 0. The lowest BCUT2D eigenvalue weighted by Gasteiger charge is -2.21. The van der Waals surface area contributed by atoms with Gasteiger partial charge in [-0.15, -0.1) is 0 Å². The number of unbranched alkanes of at least 4 members (excludes halogenated alkanes) is 16. The third-order valence-corrected chi connectivity index (χ3v) is 8.03. The molecular weight excluding hydrogens is 558 g/mol. The third kappa shape index (κ3) is 31.8. The lowest BCUT2D eigenvalue weighted by atomic mass is 10.0. The van der Waals surface area contributed by atoms with Crippen molar-refractivity contribution in [3.8, 4) is 0 Å². The molecule has 0 aliphatic rings. The van der Waals surface area contributed by atoms with Crippen molar-refractivity contribution in [2.75, 3.05) is 6.61 Å². The Morgan fingerprint density at radius 3 is 1.56 bits per heavy atom. The molecule has 0 heterocycles. The zero-order valence-electron chi connectivity index (χ0n) is 29.2. The maximum atomic E-state index is 12.4. The molecule has 1 amide bonds. The Kier molecular flexibility index (Phi) is 33.4. The second kappa shape index (κ2) is 34.9. The highest BCUT2D eigenvalue weighted by Crippen LogP contribution is 2.13. The van der Waals surface area contributed by atoms with E-state index in [4.69, 9.17) is 0 Å². The van der Waals surface area contributed by atoms with E-state index in [-0.39, 0.29) is 18.9 Å². The number of allylic oxidation sites excluding steroid dienone is 9. The highest BCUT2D eigenvalue weighted by molar-refractivity contribution is 5.76. The summed E-state index contributed by atoms with van der Waals surface area (Å²) in [6.45, 7) is 4.11. The van der Waals surface area contributed by atoms with E-state index < -0.39 is 18.2 Å². The minimum absolute atomic E-state index is 0.00521. The smallest absolute Gasteiger partial charge is 0.222 e. The summed E-state index contributed by atoms with van der Waals surface area (Å²) in [4.78, 5) is 12.4. The Hall–Kier alpha value is -1.95. The number of aliphatic hydroxyl groups excluding tert-OH is 3. The summed E-state index contributed by atoms with van der Waals surface area (Å²) in [7, 11) is 0. The molecule has 260 valence electrons. The summed E-state index contributed by atoms with van der Waals surface area (Å²) >= 11 is 0. The van der Waals surface area contributed by atoms with E-state index in [1.807, 2.05) is 6.08 Å². The molecule has 45 heavy (non-hydrogen) atoms. The molecule has 0 fully saturated rings. The van der Waals surface area contributed by atoms with Crippen LogP contribution in [0.3, 0.4) is 0 Å². The van der Waals surface area contributed by atoms with Gasteiger partial charge in [0.05, 0.1) is 31.3 Å². The Balaban J connectivity index is 3.82. The van der Waals surface area contributed by atoms with Crippen molar-refractivity contribution >= 4 is 5.91 Å². The fraction of sp³-hybridized carbons (Fsp3) is 0.725. The first-order valence-corrected chi connectivity index (χ1v) is 18.6. The van der Waals surface area contributed by atoms with Crippen LogP contribution in [0.25, 0.3) is 0 Å². The van der Waals surface area contributed by atoms with Crippen LogP contribution in [0.15, 0.2) is 60.8 Å². The lowest BCUT2D eigenvalue weighted by Crippen LogP contribution is -2.45. The maximum absolute atomic E-state index is 12.4. The van der Waals surface area contributed by atoms with Gasteiger partial charge >= 0.3 is 0 Å². The van der Waals surface area contributed by atoms with E-state index in [0.717, 1.165) is 44.9 Å². The average molecular weight is 630 g/mol. The molecule has 0 rings (SSSR count). The van der Waals surface area contributed by atoms with Gasteiger partial charge in [0.15, 0.2) is 0 Å². The summed E-state index contributed by atoms with van der Waals surface area (Å²) in [5, 5.41) is 33.0. The van der Waals surface area contributed by atoms with Crippen molar-refractivity contribution < 1.29 is 20.1 Å². The zero-order valence-corrected chi connectivity index (χ0v) is 29.2. The van der Waals surface area contributed by atoms with Crippen LogP contribution in [0.1, 0.15) is 162 Å². The van der Waals surface area contributed by atoms with Crippen molar-refractivity contribution in [3.63, 3.8) is 0 Å². The molecule has 0 aliphatic heterocycles. The van der Waals surface area contributed by atoms with Gasteiger partial charge in [0.2, 0.25) is 5.91 Å². The quantitative estimate of drug-likeness (QED) is 0.0339. The first-order chi connectivity index (χ1) is 22.0. The number of carbonyl (C=O) groups is 1. The third-order valence-electron chi connectivity index (χ3n) is 8.03. The number of amides is 1. The normalized spacial score (nSPS) is 14.5. The van der Waals surface area contributed by atoms with Gasteiger partial charge in [-0.1, -0.05) is 145 Å². The molecule has 5 heteroatoms. The number of aliphatic hydroxyl groups is 3. The SMILES string of the molecule is CCCCC/C=C\C=C/CCCCCCCCCCC(O)CC(=O)NC(CO)C(O)/C=C/CC/C=C/CC/C=C/CCCCC. The fourth-order valence-electron chi connectivity index (χ4n) is 5.12. The van der Waals surface area contributed by atoms with Gasteiger partial charge in [-0.2, -0.15) is 0 Å². The van der Waals surface area contributed by atoms with Crippen molar-refractivity contribution in [1.29, 1.82) is 0 Å². The van der Waals surface area contributed by atoms with E-state index in [2.05, 4.69) is 67.8 Å². The maximum Gasteiger partial charge on any atom is 0.222 e. The standard InChI is InChI=1S/C40H71NO4/c1-3-5-7-9-11-13-15-17-18-19-20-22-23-25-27-29-31-33-37(43)35-40(45)41-38(36-42)39(44)34-32-30-28-26-24-21-16-14-12-10-8-6-4-2/h11-15,17,24,26,32,34,37-39,42-44H,3-10,16,18-23,25,27-31,33,35-36H2,1-2H3,(H,41,45)/b13-11-,14-12+,17-15-,26-24+,34-32+. The Morgan fingerprint density at radius 2 is 1.02 bits per heavy atom. The van der Waals surface area contributed by atoms with Gasteiger partial charge in [0.25, 0.3) is 0 Å². The van der Waals surface area contributed by atoms with Gasteiger partial charge in [0.1, 0.15) is 0 Å². The molecule has 0 aromatic rings. The lowest BCUT2D eigenvalue weighted by molar-refractivity contribution is -0.124. The number of rotatable bonds is 32. The van der Waals surface area contributed by atoms with Gasteiger partial charge in [-0.05, 0) is 70.6 Å². The largest absolute Gasteiger partial charge is 0.394 e. The number of carbonyl (C=O) groups excluding carboxylic acids is 1. The second-order valence-corrected chi connectivity index (χ2v) is 12.5. The zero-order chi connectivity index (χ0) is 33.1. The summed E-state index contributed by atoms with van der Waals surface area (Å²) < 4.78 is 0. The van der Waals surface area contributed by atoms with Gasteiger partial charge in [-0.25, -0.2) is 0 Å². The summed E-state index contributed by atoms with van der Waals surface area (Å²) in [5.74, 6) is -0.339. The molecule has 0 aliphatic carbocycles. The highest BCUT2D eigenvalue weighted by Gasteiger charge is 2.20. The molecule has 3 atom stereocenters. The van der Waals surface area contributed by atoms with E-state index in [0.29, 0.717) is 6.42 Å². The molecule has 0 saturated carbocycles. The Labute approximate surface area is 278 Å². The summed E-state index contributed by atoms with van der Waals surface area (Å²) in [6.07, 6.45) is 44.8. The Bertz CT molecular complexity index is 785. The molecule has 0 aromatic carbocycles. The van der Waals surface area contributed by atoms with Gasteiger partial charge in [-0.3, -0.25) is 4.79 Å². The minimum Gasteiger partial charge on any atom is -0.394 e. The van der Waals surface area contributed by atoms with Gasteiger partial charge < -0.3 is 20.6 Å². The molecule has 0 bridgehead atoms. The predicted octanol–water partition coefficient (Wildman–Crippen LogP) is 9.98. The number of hydrogen-bond donors (Lipinski definition) is 4. The predicted molar refractivity (Wildman–Crippen MR) is 194 cm³/mol. The van der Waals surface area contributed by atoms with Crippen molar-refractivity contribution in [2.45, 2.75) is 180 Å². The van der Waals surface area contributed by atoms with Crippen LogP contribution in [0, 0.1) is 0 Å². The van der Waals surface area contributed by atoms with E-state index in [9.17, 15) is 20.1 Å². The minimum atomic E-state index is -0.961. The Morgan fingerprint density at radius 1 is 0.578 bits per heavy atom. The van der Waals surface area contributed by atoms with Crippen molar-refractivity contribution in [3.05, 3.63) is 60.8 Å². The average Bonchev–Trinajstić information content (AvgIpc) is 3.03. The second-order valence-electron chi connectivity index (χ2n) is 12.5. The first-order valence-electron chi connectivity index (χ1n) is 18.6. The molecule has 0 spiro atoms. The van der Waals surface area contributed by atoms with Gasteiger partial charge in [0, 0.05) is 0 Å². The van der Waals surface area contributed by atoms with Crippen LogP contribution in [0.4, 0.5) is 0 Å². The molecule has 0 aromatic heterocycles. The molecule has 3 unspecified atom stereocenters. The number of nitrogens with one attached hydrogen (secondary N) is 1. The van der Waals surface area contributed by atoms with Crippen LogP contribution in [0.2, 0.25) is 0 Å². The van der Waals surface area contributed by atoms with E-state index in [1.54, 1.807) is 6.08 Å². The monoisotopic (exact) mass is 630 g/mol. The van der Waals surface area contributed by atoms with Crippen LogP contribution >= 0.6 is 0 Å². The topological polar surface area (TPSA) is 89.8 Å². The summed E-state index contributed by atoms with van der Waals surface area (Å²) in [6, 6.07) is -0.770. The number of hydrogen-bond acceptors (Lipinski definition) is 4. The van der Waals surface area contributed by atoms with Crippen LogP contribution in [0.5, 0.6) is 0 Å². The first kappa shape index (κ1) is 43.0. The highest BCUT2D eigenvalue weighted by atomic mass is 16.3. The van der Waals surface area contributed by atoms with Crippen molar-refractivity contribution in [2.24, 2.45) is 0 Å². The molecule has 4 N–H and O–H groups in total. The molecule has 0 saturated heterocycles. The molecule has 5 nitrogen and oxygen atoms in total. The molecule has 0 radical (unpaired) electrons. The van der Waals surface area contributed by atoms with Crippen LogP contribution < -0.4 is 5.32 Å². The van der Waals surface area contributed by atoms with Crippen molar-refractivity contribution in [1.82, 2.24) is 5.32 Å².